The van der Waals surface area contributed by atoms with Gasteiger partial charge in [0, 0.05) is 6.42 Å². The van der Waals surface area contributed by atoms with Crippen molar-refractivity contribution in [2.24, 2.45) is 46.3 Å². The molecule has 4 aliphatic rings. The van der Waals surface area contributed by atoms with Gasteiger partial charge in [-0.15, -0.1) is 0 Å². The van der Waals surface area contributed by atoms with Gasteiger partial charge in [-0.25, -0.2) is 0 Å². The minimum atomic E-state index is -0.683. The summed E-state index contributed by atoms with van der Waals surface area (Å²) in [7, 11) is 0. The van der Waals surface area contributed by atoms with E-state index in [1.807, 2.05) is 0 Å². The number of aliphatic hydroxyl groups excluding tert-OH is 2. The molecule has 10 atom stereocenters. The van der Waals surface area contributed by atoms with Crippen molar-refractivity contribution in [1.29, 1.82) is 0 Å². The fraction of sp³-hybridized carbons (Fsp3) is 0.957. The van der Waals surface area contributed by atoms with E-state index in [0.717, 1.165) is 44.9 Å². The van der Waals surface area contributed by atoms with Gasteiger partial charge in [-0.1, -0.05) is 20.8 Å². The topological polar surface area (TPSA) is 77.8 Å². The van der Waals surface area contributed by atoms with Gasteiger partial charge in [0.1, 0.15) is 0 Å². The Hall–Kier alpha value is -0.610. The van der Waals surface area contributed by atoms with Crippen LogP contribution in [0.4, 0.5) is 0 Å². The van der Waals surface area contributed by atoms with Crippen LogP contribution in [0.5, 0.6) is 0 Å². The fourth-order valence-corrected chi connectivity index (χ4v) is 8.59. The number of hydrogen-bond acceptors (Lipinski definition) is 3. The quantitative estimate of drug-likeness (QED) is 0.691. The molecule has 154 valence electrons. The third-order valence-corrected chi connectivity index (χ3v) is 9.91. The van der Waals surface area contributed by atoms with E-state index in [0.29, 0.717) is 29.6 Å². The molecule has 0 bridgehead atoms. The van der Waals surface area contributed by atoms with Gasteiger partial charge in [0.05, 0.1) is 12.2 Å². The second-order valence-electron chi connectivity index (χ2n) is 11.0. The predicted molar refractivity (Wildman–Crippen MR) is 104 cm³/mol. The first kappa shape index (κ1) is 19.7. The van der Waals surface area contributed by atoms with Crippen LogP contribution in [-0.4, -0.2) is 33.5 Å². The molecule has 4 nitrogen and oxygen atoms in total. The van der Waals surface area contributed by atoms with Crippen molar-refractivity contribution in [1.82, 2.24) is 0 Å². The van der Waals surface area contributed by atoms with Gasteiger partial charge in [-0.05, 0) is 97.7 Å². The van der Waals surface area contributed by atoms with Crippen molar-refractivity contribution in [2.75, 3.05) is 0 Å². The Bertz CT molecular complexity index is 591. The van der Waals surface area contributed by atoms with Gasteiger partial charge in [0.15, 0.2) is 0 Å². The van der Waals surface area contributed by atoms with Crippen molar-refractivity contribution >= 4 is 5.97 Å². The Kier molecular flexibility index (Phi) is 4.91. The van der Waals surface area contributed by atoms with Crippen LogP contribution in [-0.2, 0) is 4.79 Å². The molecule has 0 spiro atoms. The zero-order valence-corrected chi connectivity index (χ0v) is 17.2. The molecule has 0 saturated heterocycles. The molecule has 0 radical (unpaired) electrons. The average molecular weight is 379 g/mol. The first-order chi connectivity index (χ1) is 12.7. The largest absolute Gasteiger partial charge is 0.481 e. The summed E-state index contributed by atoms with van der Waals surface area (Å²) in [6.45, 7) is 6.96. The maximum absolute atomic E-state index is 11.3. The third-order valence-electron chi connectivity index (χ3n) is 9.91. The minimum absolute atomic E-state index is 0.175. The molecule has 0 unspecified atom stereocenters. The first-order valence-corrected chi connectivity index (χ1v) is 11.2. The molecule has 0 aliphatic heterocycles. The normalized spacial score (nSPS) is 53.1. The molecule has 0 aromatic carbocycles. The van der Waals surface area contributed by atoms with E-state index in [-0.39, 0.29) is 35.4 Å². The Morgan fingerprint density at radius 2 is 1.67 bits per heavy atom. The van der Waals surface area contributed by atoms with E-state index in [9.17, 15) is 20.1 Å². The van der Waals surface area contributed by atoms with Crippen LogP contribution in [0, 0.1) is 46.3 Å². The number of carboxylic acid groups (broad SMARTS) is 1. The van der Waals surface area contributed by atoms with Crippen LogP contribution < -0.4 is 0 Å². The molecule has 0 heterocycles. The Morgan fingerprint density at radius 3 is 2.37 bits per heavy atom. The fourth-order valence-electron chi connectivity index (χ4n) is 8.59. The Labute approximate surface area is 163 Å². The highest BCUT2D eigenvalue weighted by atomic mass is 16.4. The van der Waals surface area contributed by atoms with E-state index >= 15 is 0 Å². The average Bonchev–Trinajstić information content (AvgIpc) is 2.93. The predicted octanol–water partition coefficient (Wildman–Crippen LogP) is 4.09. The summed E-state index contributed by atoms with van der Waals surface area (Å²) < 4.78 is 0. The molecule has 0 aromatic rings. The molecule has 4 saturated carbocycles. The van der Waals surface area contributed by atoms with Gasteiger partial charge < -0.3 is 15.3 Å². The van der Waals surface area contributed by atoms with Gasteiger partial charge in [0.2, 0.25) is 0 Å². The zero-order valence-electron chi connectivity index (χ0n) is 17.2. The number of carboxylic acids is 1. The smallest absolute Gasteiger partial charge is 0.303 e. The van der Waals surface area contributed by atoms with E-state index in [1.54, 1.807) is 0 Å². The lowest BCUT2D eigenvalue weighted by atomic mass is 9.43. The highest BCUT2D eigenvalue weighted by Gasteiger charge is 2.62. The van der Waals surface area contributed by atoms with Crippen molar-refractivity contribution in [3.05, 3.63) is 0 Å². The summed E-state index contributed by atoms with van der Waals surface area (Å²) in [4.78, 5) is 11.3. The molecular formula is C23H38O4. The van der Waals surface area contributed by atoms with E-state index in [2.05, 4.69) is 20.8 Å². The second kappa shape index (κ2) is 6.73. The maximum Gasteiger partial charge on any atom is 0.303 e. The van der Waals surface area contributed by atoms with Crippen LogP contribution in [0.2, 0.25) is 0 Å². The molecule has 4 fully saturated rings. The third kappa shape index (κ3) is 2.97. The summed E-state index contributed by atoms with van der Waals surface area (Å²) in [5.41, 5.74) is 0.434. The summed E-state index contributed by atoms with van der Waals surface area (Å²) in [6.07, 6.45) is 8.12. The summed E-state index contributed by atoms with van der Waals surface area (Å²) in [5, 5.41) is 30.7. The minimum Gasteiger partial charge on any atom is -0.481 e. The molecular weight excluding hydrogens is 340 g/mol. The molecule has 0 amide bonds. The number of carbonyl (C=O) groups is 1. The van der Waals surface area contributed by atoms with Gasteiger partial charge >= 0.3 is 5.97 Å². The van der Waals surface area contributed by atoms with Crippen LogP contribution in [0.15, 0.2) is 0 Å². The zero-order chi connectivity index (χ0) is 19.6. The van der Waals surface area contributed by atoms with E-state index in [1.165, 1.54) is 6.42 Å². The highest BCUT2D eigenvalue weighted by molar-refractivity contribution is 5.67. The Balaban J connectivity index is 1.60. The molecule has 4 rings (SSSR count). The molecule has 3 N–H and O–H groups in total. The van der Waals surface area contributed by atoms with Crippen LogP contribution in [0.3, 0.4) is 0 Å². The number of aliphatic hydroxyl groups is 2. The molecule has 4 heteroatoms. The lowest BCUT2D eigenvalue weighted by Crippen LogP contribution is -2.58. The van der Waals surface area contributed by atoms with Crippen molar-refractivity contribution < 1.29 is 20.1 Å². The van der Waals surface area contributed by atoms with Crippen LogP contribution in [0.1, 0.15) is 78.6 Å². The highest BCUT2D eigenvalue weighted by Crippen LogP contribution is 2.68. The number of aliphatic carboxylic acids is 1. The van der Waals surface area contributed by atoms with Crippen LogP contribution >= 0.6 is 0 Å². The summed E-state index contributed by atoms with van der Waals surface area (Å²) in [6, 6.07) is 0. The standard InChI is InChI=1S/C23H38O4/c1-13(10-20(26)27)16-4-5-17-21-18(7-9-23(16,17)3)22(2)8-6-15(24)11-14(22)12-19(21)25/h13-19,21,24-25H,4-12H2,1-3H3,(H,26,27)/t13-,14+,15-,16-,17+,18+,19+,21+,22-,23+/m1/s1. The van der Waals surface area contributed by atoms with Crippen molar-refractivity contribution in [3.8, 4) is 0 Å². The SMILES string of the molecule is C[C@H](CC(=O)O)[C@H]1CC[C@H]2[C@@H]3[C@@H](O)C[C@@H]4C[C@H](O)CC[C@@]4(C)[C@H]3CC[C@@]12C. The lowest BCUT2D eigenvalue weighted by molar-refractivity contribution is -0.174. The second-order valence-corrected chi connectivity index (χ2v) is 11.0. The van der Waals surface area contributed by atoms with E-state index < -0.39 is 5.97 Å². The maximum atomic E-state index is 11.3. The summed E-state index contributed by atoms with van der Waals surface area (Å²) >= 11 is 0. The first-order valence-electron chi connectivity index (χ1n) is 11.2. The van der Waals surface area contributed by atoms with E-state index in [4.69, 9.17) is 0 Å². The van der Waals surface area contributed by atoms with Crippen molar-refractivity contribution in [3.63, 3.8) is 0 Å². The number of fused-ring (bicyclic) bond motifs is 5. The lowest BCUT2D eigenvalue weighted by Gasteiger charge is -2.62. The van der Waals surface area contributed by atoms with Crippen molar-refractivity contribution in [2.45, 2.75) is 90.8 Å². The number of rotatable bonds is 3. The number of hydrogen-bond donors (Lipinski definition) is 3. The molecule has 4 aliphatic carbocycles. The van der Waals surface area contributed by atoms with Gasteiger partial charge in [-0.2, -0.15) is 0 Å². The Morgan fingerprint density at radius 1 is 1.00 bits per heavy atom. The van der Waals surface area contributed by atoms with Gasteiger partial charge in [0.25, 0.3) is 0 Å². The van der Waals surface area contributed by atoms with Gasteiger partial charge in [-0.3, -0.25) is 4.79 Å². The monoisotopic (exact) mass is 378 g/mol. The molecule has 0 aromatic heterocycles. The molecule has 27 heavy (non-hydrogen) atoms. The summed E-state index contributed by atoms with van der Waals surface area (Å²) in [5.74, 6) is 1.89. The van der Waals surface area contributed by atoms with Crippen LogP contribution in [0.25, 0.3) is 0 Å².